The lowest BCUT2D eigenvalue weighted by molar-refractivity contribution is 0.324. The quantitative estimate of drug-likeness (QED) is 0.329. The molecule has 1 aromatic carbocycles. The average Bonchev–Trinajstić information content (AvgIpc) is 2.81. The number of halogens is 1. The van der Waals surface area contributed by atoms with Gasteiger partial charge in [-0.2, -0.15) is 0 Å². The lowest BCUT2D eigenvalue weighted by Crippen LogP contribution is -2.52. The molecule has 0 spiro atoms. The summed E-state index contributed by atoms with van der Waals surface area (Å²) < 4.78 is 16.3. The topological polar surface area (TPSA) is 71.5 Å². The van der Waals surface area contributed by atoms with Crippen LogP contribution < -0.4 is 24.4 Å². The molecule has 1 fully saturated rings. The number of aromatic nitrogens is 1. The van der Waals surface area contributed by atoms with Gasteiger partial charge in [-0.15, -0.1) is 24.0 Å². The minimum atomic E-state index is 0. The Labute approximate surface area is 201 Å². The van der Waals surface area contributed by atoms with Gasteiger partial charge in [0, 0.05) is 38.9 Å². The highest BCUT2D eigenvalue weighted by Crippen LogP contribution is 2.38. The zero-order chi connectivity index (χ0) is 21.3. The van der Waals surface area contributed by atoms with E-state index in [1.54, 1.807) is 21.3 Å². The fraction of sp³-hybridized carbons (Fsp3) is 0.455. The Morgan fingerprint density at radius 1 is 1.03 bits per heavy atom. The summed E-state index contributed by atoms with van der Waals surface area (Å²) in [5.41, 5.74) is 0.993. The second-order valence-electron chi connectivity index (χ2n) is 6.87. The van der Waals surface area contributed by atoms with Gasteiger partial charge in [-0.1, -0.05) is 6.07 Å². The molecule has 170 valence electrons. The molecule has 8 nitrogen and oxygen atoms in total. The first-order valence-electron chi connectivity index (χ1n) is 10.2. The minimum absolute atomic E-state index is 0. The van der Waals surface area contributed by atoms with E-state index in [2.05, 4.69) is 33.1 Å². The molecular weight excluding hydrogens is 509 g/mol. The summed E-state index contributed by atoms with van der Waals surface area (Å²) >= 11 is 0. The molecule has 1 aliphatic heterocycles. The third-order valence-corrected chi connectivity index (χ3v) is 5.02. The fourth-order valence-corrected chi connectivity index (χ4v) is 3.51. The van der Waals surface area contributed by atoms with Crippen LogP contribution in [0.5, 0.6) is 17.2 Å². The van der Waals surface area contributed by atoms with Crippen LogP contribution in [0.25, 0.3) is 0 Å². The zero-order valence-electron chi connectivity index (χ0n) is 18.6. The highest BCUT2D eigenvalue weighted by atomic mass is 127. The summed E-state index contributed by atoms with van der Waals surface area (Å²) in [6.07, 6.45) is 1.84. The standard InChI is InChI=1S/C22H31N5O3.HI/c1-5-23-22(27-12-10-26(11-13-27)20-8-6-7-9-24-20)25-16-17-14-18(28-2)21(30-4)19(15-17)29-3;/h6-9,14-15H,5,10-13,16H2,1-4H3,(H,23,25);1H. The number of rotatable bonds is 7. The van der Waals surface area contributed by atoms with E-state index < -0.39 is 0 Å². The first kappa shape index (κ1) is 24.8. The Hall–Kier alpha value is -2.43. The fourth-order valence-electron chi connectivity index (χ4n) is 3.51. The van der Waals surface area contributed by atoms with Gasteiger partial charge in [-0.25, -0.2) is 9.98 Å². The van der Waals surface area contributed by atoms with Gasteiger partial charge >= 0.3 is 0 Å². The van der Waals surface area contributed by atoms with Crippen molar-refractivity contribution in [1.29, 1.82) is 0 Å². The average molecular weight is 541 g/mol. The second-order valence-corrected chi connectivity index (χ2v) is 6.87. The molecule has 9 heteroatoms. The van der Waals surface area contributed by atoms with E-state index in [1.165, 1.54) is 0 Å². The normalized spacial score (nSPS) is 14.0. The van der Waals surface area contributed by atoms with Crippen molar-refractivity contribution in [2.75, 3.05) is 59.0 Å². The number of methoxy groups -OCH3 is 3. The number of piperazine rings is 1. The smallest absolute Gasteiger partial charge is 0.203 e. The molecule has 0 atom stereocenters. The maximum absolute atomic E-state index is 5.45. The SMILES string of the molecule is CCNC(=NCc1cc(OC)c(OC)c(OC)c1)N1CCN(c2ccccn2)CC1.I. The van der Waals surface area contributed by atoms with E-state index in [4.69, 9.17) is 19.2 Å². The molecule has 1 aromatic heterocycles. The predicted octanol–water partition coefficient (Wildman–Crippen LogP) is 3.01. The molecule has 0 unspecified atom stereocenters. The van der Waals surface area contributed by atoms with Crippen LogP contribution in [0.4, 0.5) is 5.82 Å². The molecule has 2 heterocycles. The van der Waals surface area contributed by atoms with Gasteiger partial charge in [0.15, 0.2) is 17.5 Å². The number of guanidine groups is 1. The molecule has 1 saturated heterocycles. The van der Waals surface area contributed by atoms with Gasteiger partial charge in [0.25, 0.3) is 0 Å². The number of benzene rings is 1. The molecule has 1 aliphatic rings. The van der Waals surface area contributed by atoms with Crippen molar-refractivity contribution >= 4 is 35.8 Å². The molecular formula is C22H32IN5O3. The van der Waals surface area contributed by atoms with Gasteiger partial charge in [0.1, 0.15) is 5.82 Å². The Morgan fingerprint density at radius 2 is 1.71 bits per heavy atom. The molecule has 3 rings (SSSR count). The summed E-state index contributed by atoms with van der Waals surface area (Å²) in [6.45, 7) is 7.00. The maximum atomic E-state index is 5.45. The summed E-state index contributed by atoms with van der Waals surface area (Å²) in [6, 6.07) is 9.90. The van der Waals surface area contributed by atoms with Crippen LogP contribution in [0.1, 0.15) is 12.5 Å². The van der Waals surface area contributed by atoms with Crippen molar-refractivity contribution in [2.45, 2.75) is 13.5 Å². The highest BCUT2D eigenvalue weighted by molar-refractivity contribution is 14.0. The number of hydrogen-bond donors (Lipinski definition) is 1. The number of anilines is 1. The molecule has 0 saturated carbocycles. The van der Waals surface area contributed by atoms with Gasteiger partial charge in [-0.3, -0.25) is 0 Å². The third kappa shape index (κ3) is 6.28. The zero-order valence-corrected chi connectivity index (χ0v) is 21.0. The molecule has 0 bridgehead atoms. The Bertz CT molecular complexity index is 817. The third-order valence-electron chi connectivity index (χ3n) is 5.02. The van der Waals surface area contributed by atoms with E-state index in [1.807, 2.05) is 30.5 Å². The first-order valence-corrected chi connectivity index (χ1v) is 10.2. The van der Waals surface area contributed by atoms with Crippen LogP contribution in [0, 0.1) is 0 Å². The number of pyridine rings is 1. The van der Waals surface area contributed by atoms with Crippen LogP contribution in [-0.4, -0.2) is 69.9 Å². The summed E-state index contributed by atoms with van der Waals surface area (Å²) in [7, 11) is 4.84. The van der Waals surface area contributed by atoms with Gasteiger partial charge in [0.2, 0.25) is 5.75 Å². The lowest BCUT2D eigenvalue weighted by Gasteiger charge is -2.37. The van der Waals surface area contributed by atoms with Crippen molar-refractivity contribution in [3.8, 4) is 17.2 Å². The van der Waals surface area contributed by atoms with E-state index in [-0.39, 0.29) is 24.0 Å². The number of hydrogen-bond acceptors (Lipinski definition) is 6. The van der Waals surface area contributed by atoms with E-state index in [0.717, 1.165) is 50.1 Å². The molecule has 31 heavy (non-hydrogen) atoms. The molecule has 0 radical (unpaired) electrons. The molecule has 0 aliphatic carbocycles. The van der Waals surface area contributed by atoms with Gasteiger partial charge in [0.05, 0.1) is 27.9 Å². The Kier molecular flexibility index (Phi) is 9.96. The van der Waals surface area contributed by atoms with Crippen molar-refractivity contribution in [1.82, 2.24) is 15.2 Å². The van der Waals surface area contributed by atoms with Gasteiger partial charge in [-0.05, 0) is 36.8 Å². The Balaban J connectivity index is 0.00000341. The van der Waals surface area contributed by atoms with E-state index in [0.29, 0.717) is 23.8 Å². The predicted molar refractivity (Wildman–Crippen MR) is 134 cm³/mol. The largest absolute Gasteiger partial charge is 0.493 e. The number of aliphatic imine (C=N–C) groups is 1. The van der Waals surface area contributed by atoms with Crippen molar-refractivity contribution in [3.05, 3.63) is 42.1 Å². The minimum Gasteiger partial charge on any atom is -0.493 e. The second kappa shape index (κ2) is 12.4. The first-order chi connectivity index (χ1) is 14.7. The van der Waals surface area contributed by atoms with Gasteiger partial charge < -0.3 is 29.3 Å². The summed E-state index contributed by atoms with van der Waals surface area (Å²) in [5.74, 6) is 3.79. The maximum Gasteiger partial charge on any atom is 0.203 e. The Morgan fingerprint density at radius 3 is 2.23 bits per heavy atom. The lowest BCUT2D eigenvalue weighted by atomic mass is 10.2. The van der Waals surface area contributed by atoms with Crippen LogP contribution in [0.2, 0.25) is 0 Å². The number of nitrogens with zero attached hydrogens (tertiary/aromatic N) is 4. The van der Waals surface area contributed by atoms with E-state index in [9.17, 15) is 0 Å². The monoisotopic (exact) mass is 541 g/mol. The highest BCUT2D eigenvalue weighted by Gasteiger charge is 2.20. The van der Waals surface area contributed by atoms with Crippen molar-refractivity contribution < 1.29 is 14.2 Å². The number of ether oxygens (including phenoxy) is 3. The molecule has 2 aromatic rings. The van der Waals surface area contributed by atoms with E-state index >= 15 is 0 Å². The summed E-state index contributed by atoms with van der Waals surface area (Å²) in [4.78, 5) is 13.9. The van der Waals surface area contributed by atoms with Crippen LogP contribution >= 0.6 is 24.0 Å². The van der Waals surface area contributed by atoms with Crippen molar-refractivity contribution in [3.63, 3.8) is 0 Å². The molecule has 0 amide bonds. The van der Waals surface area contributed by atoms with Crippen LogP contribution in [-0.2, 0) is 6.54 Å². The molecule has 1 N–H and O–H groups in total. The van der Waals surface area contributed by atoms with Crippen LogP contribution in [0.3, 0.4) is 0 Å². The van der Waals surface area contributed by atoms with Crippen LogP contribution in [0.15, 0.2) is 41.5 Å². The summed E-state index contributed by atoms with van der Waals surface area (Å²) in [5, 5.41) is 3.41. The van der Waals surface area contributed by atoms with Crippen molar-refractivity contribution in [2.24, 2.45) is 4.99 Å². The number of nitrogens with one attached hydrogen (secondary N) is 1.